The molecule has 7 rings (SSSR count). The molecule has 0 radical (unpaired) electrons. The number of nitrogens with zero attached hydrogens (tertiary/aromatic N) is 7. The fourth-order valence-corrected chi connectivity index (χ4v) is 7.72. The van der Waals surface area contributed by atoms with E-state index in [-0.39, 0.29) is 40.0 Å². The number of aromatic hydroxyl groups is 1. The van der Waals surface area contributed by atoms with Crippen molar-refractivity contribution in [2.45, 2.75) is 63.6 Å². The van der Waals surface area contributed by atoms with E-state index in [2.05, 4.69) is 22.3 Å². The molecule has 2 fully saturated rings. The number of nitrogens with one attached hydrogen (secondary N) is 1. The Labute approximate surface area is 283 Å². The molecule has 1 atom stereocenters. The van der Waals surface area contributed by atoms with Gasteiger partial charge in [-0.15, -0.1) is 5.10 Å². The molecule has 3 aromatic heterocycles. The summed E-state index contributed by atoms with van der Waals surface area (Å²) in [5, 5.41) is 17.2. The Morgan fingerprint density at radius 1 is 1.14 bits per heavy atom. The Bertz CT molecular complexity index is 2020. The van der Waals surface area contributed by atoms with Gasteiger partial charge in [0.15, 0.2) is 5.69 Å². The largest absolute Gasteiger partial charge is 0.505 e. The van der Waals surface area contributed by atoms with E-state index in [0.29, 0.717) is 68.3 Å². The molecule has 12 nitrogen and oxygen atoms in total. The van der Waals surface area contributed by atoms with Crippen molar-refractivity contribution in [3.8, 4) is 5.75 Å². The third-order valence-corrected chi connectivity index (χ3v) is 10.3. The minimum absolute atomic E-state index is 0.0197. The maximum absolute atomic E-state index is 14.4. The zero-order valence-electron chi connectivity index (χ0n) is 26.6. The van der Waals surface area contributed by atoms with Gasteiger partial charge in [-0.25, -0.2) is 4.98 Å². The van der Waals surface area contributed by atoms with Crippen LogP contribution in [0, 0.1) is 5.92 Å². The molecule has 49 heavy (non-hydrogen) atoms. The highest BCUT2D eigenvalue weighted by Gasteiger charge is 2.45. The van der Waals surface area contributed by atoms with Crippen molar-refractivity contribution >= 4 is 40.8 Å². The second kappa shape index (κ2) is 12.3. The lowest BCUT2D eigenvalue weighted by Gasteiger charge is -2.45. The maximum atomic E-state index is 14.4. The fraction of sp³-hybridized carbons (Fsp3) is 0.455. The lowest BCUT2D eigenvalue weighted by atomic mass is 9.66. The van der Waals surface area contributed by atoms with E-state index in [1.54, 1.807) is 15.5 Å². The first kappa shape index (κ1) is 32.9. The highest BCUT2D eigenvalue weighted by Crippen LogP contribution is 2.44. The highest BCUT2D eigenvalue weighted by molar-refractivity contribution is 6.33. The summed E-state index contributed by atoms with van der Waals surface area (Å²) in [6.45, 7) is 3.92. The van der Waals surface area contributed by atoms with E-state index in [0.717, 1.165) is 37.7 Å². The number of carbonyl (C=O) groups is 2. The highest BCUT2D eigenvalue weighted by atomic mass is 35.5. The SMILES string of the molecule is CC1CCN(c2nc3n(CC(=O)Nc4ccc(C(F)(F)F)cc4Cl)c4c(c(=O)n3n2)C2(CCC4)CCN(C(=O)c3ncccc3O)CC2)C1. The lowest BCUT2D eigenvalue weighted by Crippen LogP contribution is -2.50. The van der Waals surface area contributed by atoms with Crippen molar-refractivity contribution in [3.05, 3.63) is 74.4 Å². The van der Waals surface area contributed by atoms with E-state index in [1.165, 1.54) is 16.8 Å². The number of carbonyl (C=O) groups excluding carboxylic acids is 2. The molecule has 2 amide bonds. The van der Waals surface area contributed by atoms with Crippen LogP contribution in [-0.4, -0.2) is 72.1 Å². The van der Waals surface area contributed by atoms with Crippen molar-refractivity contribution in [3.63, 3.8) is 0 Å². The van der Waals surface area contributed by atoms with Gasteiger partial charge in [0.25, 0.3) is 11.5 Å². The summed E-state index contributed by atoms with van der Waals surface area (Å²) in [5.41, 5.74) is -0.693. The lowest BCUT2D eigenvalue weighted by molar-refractivity contribution is -0.137. The van der Waals surface area contributed by atoms with Crippen LogP contribution >= 0.6 is 11.6 Å². The molecular formula is C33H34ClF3N8O4. The first-order valence-corrected chi connectivity index (χ1v) is 16.6. The summed E-state index contributed by atoms with van der Waals surface area (Å²) in [5.74, 6) is -0.163. The number of pyridine rings is 1. The van der Waals surface area contributed by atoms with Crippen molar-refractivity contribution in [2.75, 3.05) is 36.4 Å². The van der Waals surface area contributed by atoms with E-state index >= 15 is 0 Å². The molecular weight excluding hydrogens is 665 g/mol. The fourth-order valence-electron chi connectivity index (χ4n) is 7.49. The number of rotatable bonds is 5. The van der Waals surface area contributed by atoms with Gasteiger partial charge in [0.1, 0.15) is 12.3 Å². The van der Waals surface area contributed by atoms with Gasteiger partial charge in [0.2, 0.25) is 17.6 Å². The molecule has 16 heteroatoms. The Hall–Kier alpha value is -4.66. The second-order valence-corrected chi connectivity index (χ2v) is 13.6. The summed E-state index contributed by atoms with van der Waals surface area (Å²) >= 11 is 6.14. The van der Waals surface area contributed by atoms with Crippen LogP contribution in [-0.2, 0) is 29.4 Å². The molecule has 1 aromatic carbocycles. The van der Waals surface area contributed by atoms with Gasteiger partial charge in [0.05, 0.1) is 16.3 Å². The zero-order chi connectivity index (χ0) is 34.7. The van der Waals surface area contributed by atoms with Crippen LogP contribution in [0.15, 0.2) is 41.3 Å². The van der Waals surface area contributed by atoms with Crippen LogP contribution in [0.4, 0.5) is 24.8 Å². The number of amides is 2. The number of alkyl halides is 3. The molecule has 0 saturated carbocycles. The minimum Gasteiger partial charge on any atom is -0.505 e. The summed E-state index contributed by atoms with van der Waals surface area (Å²) < 4.78 is 42.6. The van der Waals surface area contributed by atoms with E-state index in [4.69, 9.17) is 16.6 Å². The zero-order valence-corrected chi connectivity index (χ0v) is 27.4. The standard InChI is InChI=1S/C33H34ClF3N8O4/c1-19-8-13-43(17-19)30-40-31-44(18-25(47)39-22-7-6-20(16-21(22)34)33(35,36)37)23-4-2-9-32(26(23)28(48)45(31)41-30)10-14-42(15-11-32)29(49)27-24(46)5-3-12-38-27/h3,5-7,12,16,19,46H,2,4,8-11,13-15,17-18H2,1H3,(H,39,47). The first-order valence-electron chi connectivity index (χ1n) is 16.2. The monoisotopic (exact) mass is 698 g/mol. The van der Waals surface area contributed by atoms with E-state index < -0.39 is 29.0 Å². The van der Waals surface area contributed by atoms with Crippen LogP contribution in [0.2, 0.25) is 5.02 Å². The van der Waals surface area contributed by atoms with Gasteiger partial charge < -0.3 is 24.8 Å². The molecule has 4 aromatic rings. The number of likely N-dealkylation sites (tertiary alicyclic amines) is 1. The molecule has 0 bridgehead atoms. The summed E-state index contributed by atoms with van der Waals surface area (Å²) in [4.78, 5) is 53.7. The number of anilines is 2. The Morgan fingerprint density at radius 3 is 2.59 bits per heavy atom. The summed E-state index contributed by atoms with van der Waals surface area (Å²) in [6, 6.07) is 5.67. The van der Waals surface area contributed by atoms with Crippen molar-refractivity contribution in [1.82, 2.24) is 29.0 Å². The van der Waals surface area contributed by atoms with Crippen molar-refractivity contribution in [1.29, 1.82) is 0 Å². The Kier molecular flexibility index (Phi) is 8.28. The van der Waals surface area contributed by atoms with Crippen molar-refractivity contribution < 1.29 is 27.9 Å². The number of halogens is 4. The molecule has 2 aliphatic heterocycles. The smallest absolute Gasteiger partial charge is 0.416 e. The second-order valence-electron chi connectivity index (χ2n) is 13.2. The number of piperidine rings is 1. The predicted octanol–water partition coefficient (Wildman–Crippen LogP) is 4.66. The minimum atomic E-state index is -4.59. The van der Waals surface area contributed by atoms with Gasteiger partial charge >= 0.3 is 6.18 Å². The van der Waals surface area contributed by atoms with Crippen LogP contribution in [0.3, 0.4) is 0 Å². The summed E-state index contributed by atoms with van der Waals surface area (Å²) in [7, 11) is 0. The third-order valence-electron chi connectivity index (χ3n) is 10.0. The summed E-state index contributed by atoms with van der Waals surface area (Å²) in [6.07, 6.45) is 0.638. The van der Waals surface area contributed by atoms with E-state index in [9.17, 15) is 32.7 Å². The topological polar surface area (TPSA) is 138 Å². The van der Waals surface area contributed by atoms with Gasteiger partial charge in [-0.1, -0.05) is 18.5 Å². The van der Waals surface area contributed by atoms with Crippen LogP contribution < -0.4 is 15.8 Å². The van der Waals surface area contributed by atoms with Gasteiger partial charge in [-0.2, -0.15) is 22.7 Å². The molecule has 5 heterocycles. The van der Waals surface area contributed by atoms with Gasteiger partial charge in [0, 0.05) is 49.0 Å². The normalized spacial score (nSPS) is 19.0. The molecule has 1 aliphatic carbocycles. The van der Waals surface area contributed by atoms with E-state index in [1.807, 2.05) is 4.90 Å². The molecule has 2 saturated heterocycles. The van der Waals surface area contributed by atoms with Crippen molar-refractivity contribution in [2.24, 2.45) is 5.92 Å². The van der Waals surface area contributed by atoms with Crippen LogP contribution in [0.25, 0.3) is 5.78 Å². The number of benzene rings is 1. The Balaban J connectivity index is 1.25. The maximum Gasteiger partial charge on any atom is 0.416 e. The molecule has 2 N–H and O–H groups in total. The van der Waals surface area contributed by atoms with Crippen LogP contribution in [0.1, 0.15) is 66.3 Å². The number of fused-ring (bicyclic) bond motifs is 3. The Morgan fingerprint density at radius 2 is 1.92 bits per heavy atom. The van der Waals surface area contributed by atoms with Gasteiger partial charge in [-0.3, -0.25) is 14.4 Å². The molecule has 3 aliphatic rings. The number of aromatic nitrogens is 5. The molecule has 1 spiro atoms. The predicted molar refractivity (Wildman–Crippen MR) is 174 cm³/mol. The third kappa shape index (κ3) is 5.97. The van der Waals surface area contributed by atoms with Crippen LogP contribution in [0.5, 0.6) is 5.75 Å². The first-order chi connectivity index (χ1) is 23.3. The number of hydrogen-bond acceptors (Lipinski definition) is 8. The molecule has 1 unspecified atom stereocenters. The molecule has 258 valence electrons. The number of hydrogen-bond donors (Lipinski definition) is 2. The quantitative estimate of drug-likeness (QED) is 0.307. The average molecular weight is 699 g/mol. The van der Waals surface area contributed by atoms with Gasteiger partial charge in [-0.05, 0) is 74.8 Å². The average Bonchev–Trinajstić information content (AvgIpc) is 3.71.